The lowest BCUT2D eigenvalue weighted by molar-refractivity contribution is -0.134. The second-order valence-electron chi connectivity index (χ2n) is 5.65. The van der Waals surface area contributed by atoms with Gasteiger partial charge in [-0.1, -0.05) is 23.7 Å². The van der Waals surface area contributed by atoms with Crippen LogP contribution in [0.4, 0.5) is 0 Å². The Morgan fingerprint density at radius 1 is 1.12 bits per heavy atom. The van der Waals surface area contributed by atoms with E-state index in [2.05, 4.69) is 4.98 Å². The second-order valence-corrected chi connectivity index (χ2v) is 6.06. The average Bonchev–Trinajstić information content (AvgIpc) is 3.09. The number of oxazole rings is 1. The predicted octanol–water partition coefficient (Wildman–Crippen LogP) is 4.74. The molecule has 0 atom stereocenters. The maximum Gasteiger partial charge on any atom is 0.311 e. The molecule has 0 aliphatic rings. The molecule has 26 heavy (non-hydrogen) atoms. The highest BCUT2D eigenvalue weighted by atomic mass is 35.5. The fourth-order valence-corrected chi connectivity index (χ4v) is 2.59. The van der Waals surface area contributed by atoms with Gasteiger partial charge in [-0.05, 0) is 43.3 Å². The van der Waals surface area contributed by atoms with Gasteiger partial charge in [0.05, 0.1) is 17.6 Å². The number of aryl methyl sites for hydroxylation is 1. The summed E-state index contributed by atoms with van der Waals surface area (Å²) in [7, 11) is 0. The molecule has 0 fully saturated rings. The standard InChI is InChI=1S/C20H16ClNO4/c1-13(23)14-6-8-15(9-7-14)25-20(24)11-10-19-22-12-18(26-19)16-4-2-3-5-17(16)21/h2-9,12H,10-11H2,1H3. The van der Waals surface area contributed by atoms with Crippen molar-refractivity contribution in [3.63, 3.8) is 0 Å². The molecule has 6 heteroatoms. The molecule has 0 aliphatic heterocycles. The van der Waals surface area contributed by atoms with Gasteiger partial charge in [-0.25, -0.2) is 4.98 Å². The first-order chi connectivity index (χ1) is 12.5. The number of nitrogens with zero attached hydrogens (tertiary/aromatic N) is 1. The van der Waals surface area contributed by atoms with E-state index in [1.807, 2.05) is 18.2 Å². The number of ketones is 1. The number of esters is 1. The summed E-state index contributed by atoms with van der Waals surface area (Å²) in [4.78, 5) is 27.4. The summed E-state index contributed by atoms with van der Waals surface area (Å²) < 4.78 is 10.9. The molecule has 5 nitrogen and oxygen atoms in total. The van der Waals surface area contributed by atoms with Gasteiger partial charge in [-0.2, -0.15) is 0 Å². The van der Waals surface area contributed by atoms with Crippen LogP contribution in [0.5, 0.6) is 5.75 Å². The molecule has 0 saturated carbocycles. The number of hydrogen-bond acceptors (Lipinski definition) is 5. The van der Waals surface area contributed by atoms with Gasteiger partial charge < -0.3 is 9.15 Å². The molecule has 1 aromatic heterocycles. The summed E-state index contributed by atoms with van der Waals surface area (Å²) in [6, 6.07) is 13.7. The number of rotatable bonds is 6. The minimum atomic E-state index is -0.405. The molecule has 3 aromatic rings. The Morgan fingerprint density at radius 2 is 1.85 bits per heavy atom. The summed E-state index contributed by atoms with van der Waals surface area (Å²) in [5.74, 6) is 0.936. The van der Waals surface area contributed by atoms with E-state index in [1.165, 1.54) is 6.92 Å². The summed E-state index contributed by atoms with van der Waals surface area (Å²) in [5.41, 5.74) is 1.32. The zero-order valence-corrected chi connectivity index (χ0v) is 14.8. The molecule has 0 N–H and O–H groups in total. The molecular formula is C20H16ClNO4. The van der Waals surface area contributed by atoms with E-state index in [-0.39, 0.29) is 12.2 Å². The normalized spacial score (nSPS) is 10.5. The van der Waals surface area contributed by atoms with Gasteiger partial charge in [0.2, 0.25) is 0 Å². The lowest BCUT2D eigenvalue weighted by Crippen LogP contribution is -2.09. The summed E-state index contributed by atoms with van der Waals surface area (Å²) >= 11 is 6.13. The average molecular weight is 370 g/mol. The first-order valence-corrected chi connectivity index (χ1v) is 8.42. The van der Waals surface area contributed by atoms with Crippen molar-refractivity contribution < 1.29 is 18.7 Å². The quantitative estimate of drug-likeness (QED) is 0.356. The Balaban J connectivity index is 1.56. The van der Waals surface area contributed by atoms with Crippen LogP contribution in [0.25, 0.3) is 11.3 Å². The van der Waals surface area contributed by atoms with Gasteiger partial charge in [0.1, 0.15) is 5.75 Å². The molecule has 0 spiro atoms. The third-order valence-corrected chi connectivity index (χ3v) is 4.06. The molecule has 0 unspecified atom stereocenters. The van der Waals surface area contributed by atoms with E-state index in [1.54, 1.807) is 36.5 Å². The highest BCUT2D eigenvalue weighted by Crippen LogP contribution is 2.28. The number of carbonyl (C=O) groups excluding carboxylic acids is 2. The van der Waals surface area contributed by atoms with E-state index in [0.29, 0.717) is 34.4 Å². The van der Waals surface area contributed by atoms with Gasteiger partial charge in [0.25, 0.3) is 0 Å². The van der Waals surface area contributed by atoms with Crippen molar-refractivity contribution in [2.75, 3.05) is 0 Å². The molecule has 0 amide bonds. The van der Waals surface area contributed by atoms with Crippen LogP contribution in [0, 0.1) is 0 Å². The monoisotopic (exact) mass is 369 g/mol. The van der Waals surface area contributed by atoms with Gasteiger partial charge in [-0.3, -0.25) is 9.59 Å². The SMILES string of the molecule is CC(=O)c1ccc(OC(=O)CCc2ncc(-c3ccccc3Cl)o2)cc1. The fourth-order valence-electron chi connectivity index (χ4n) is 2.36. The van der Waals surface area contributed by atoms with Crippen molar-refractivity contribution >= 4 is 23.4 Å². The molecule has 0 radical (unpaired) electrons. The number of halogens is 1. The van der Waals surface area contributed by atoms with Crippen LogP contribution in [0.2, 0.25) is 5.02 Å². The maximum absolute atomic E-state index is 12.0. The molecule has 0 bridgehead atoms. The number of Topliss-reactive ketones (excluding diaryl/α,β-unsaturated/α-hetero) is 1. The number of aromatic nitrogens is 1. The van der Waals surface area contributed by atoms with Gasteiger partial charge >= 0.3 is 5.97 Å². The van der Waals surface area contributed by atoms with Crippen LogP contribution in [0.1, 0.15) is 29.6 Å². The van der Waals surface area contributed by atoms with Crippen LogP contribution in [-0.4, -0.2) is 16.7 Å². The van der Waals surface area contributed by atoms with Crippen LogP contribution in [0.15, 0.2) is 59.1 Å². The topological polar surface area (TPSA) is 69.4 Å². The van der Waals surface area contributed by atoms with Gasteiger partial charge in [0, 0.05) is 17.5 Å². The fraction of sp³-hybridized carbons (Fsp3) is 0.150. The number of hydrogen-bond donors (Lipinski definition) is 0. The first kappa shape index (κ1) is 17.9. The summed E-state index contributed by atoms with van der Waals surface area (Å²) in [6.07, 6.45) is 2.02. The zero-order chi connectivity index (χ0) is 18.5. The largest absolute Gasteiger partial charge is 0.441 e. The van der Waals surface area contributed by atoms with E-state index in [9.17, 15) is 9.59 Å². The van der Waals surface area contributed by atoms with E-state index in [4.69, 9.17) is 20.8 Å². The van der Waals surface area contributed by atoms with Crippen molar-refractivity contribution in [3.8, 4) is 17.1 Å². The smallest absolute Gasteiger partial charge is 0.311 e. The van der Waals surface area contributed by atoms with Crippen LogP contribution in [-0.2, 0) is 11.2 Å². The zero-order valence-electron chi connectivity index (χ0n) is 14.1. The highest BCUT2D eigenvalue weighted by molar-refractivity contribution is 6.33. The Hall–Kier alpha value is -2.92. The Labute approximate surface area is 155 Å². The highest BCUT2D eigenvalue weighted by Gasteiger charge is 2.12. The molecule has 2 aromatic carbocycles. The number of ether oxygens (including phenoxy) is 1. The lowest BCUT2D eigenvalue weighted by Gasteiger charge is -2.04. The maximum atomic E-state index is 12.0. The lowest BCUT2D eigenvalue weighted by atomic mass is 10.1. The first-order valence-electron chi connectivity index (χ1n) is 8.04. The van der Waals surface area contributed by atoms with Crippen molar-refractivity contribution in [1.29, 1.82) is 0 Å². The molecule has 132 valence electrons. The third kappa shape index (κ3) is 4.37. The predicted molar refractivity (Wildman–Crippen MR) is 97.4 cm³/mol. The van der Waals surface area contributed by atoms with Gasteiger partial charge in [0.15, 0.2) is 17.4 Å². The van der Waals surface area contributed by atoms with Crippen molar-refractivity contribution in [1.82, 2.24) is 4.98 Å². The molecular weight excluding hydrogens is 354 g/mol. The summed E-state index contributed by atoms with van der Waals surface area (Å²) in [5, 5.41) is 0.573. The van der Waals surface area contributed by atoms with Crippen LogP contribution < -0.4 is 4.74 Å². The van der Waals surface area contributed by atoms with Crippen molar-refractivity contribution in [2.24, 2.45) is 0 Å². The number of benzene rings is 2. The van der Waals surface area contributed by atoms with Crippen molar-refractivity contribution in [2.45, 2.75) is 19.8 Å². The minimum absolute atomic E-state index is 0.0407. The minimum Gasteiger partial charge on any atom is -0.441 e. The molecule has 0 saturated heterocycles. The van der Waals surface area contributed by atoms with Gasteiger partial charge in [-0.15, -0.1) is 0 Å². The number of carbonyl (C=O) groups is 2. The van der Waals surface area contributed by atoms with E-state index >= 15 is 0 Å². The molecule has 1 heterocycles. The third-order valence-electron chi connectivity index (χ3n) is 3.73. The van der Waals surface area contributed by atoms with Crippen LogP contribution in [0.3, 0.4) is 0 Å². The molecule has 3 rings (SSSR count). The van der Waals surface area contributed by atoms with Crippen molar-refractivity contribution in [3.05, 3.63) is 71.2 Å². The Morgan fingerprint density at radius 3 is 2.54 bits per heavy atom. The van der Waals surface area contributed by atoms with Crippen LogP contribution >= 0.6 is 11.6 Å². The Kier molecular flexibility index (Phi) is 5.49. The second kappa shape index (κ2) is 7.97. The Bertz CT molecular complexity index is 931. The molecule has 0 aliphatic carbocycles. The summed E-state index contributed by atoms with van der Waals surface area (Å²) in [6.45, 7) is 1.48. The van der Waals surface area contributed by atoms with E-state index in [0.717, 1.165) is 5.56 Å². The van der Waals surface area contributed by atoms with E-state index < -0.39 is 5.97 Å².